The van der Waals surface area contributed by atoms with Crippen molar-refractivity contribution in [3.8, 4) is 11.3 Å². The minimum absolute atomic E-state index is 0.200. The summed E-state index contributed by atoms with van der Waals surface area (Å²) in [6.07, 6.45) is -0.546. The zero-order valence-corrected chi connectivity index (χ0v) is 18.6. The highest BCUT2D eigenvalue weighted by Gasteiger charge is 2.25. The van der Waals surface area contributed by atoms with E-state index in [2.05, 4.69) is 21.2 Å². The molecule has 1 N–H and O–H groups in total. The van der Waals surface area contributed by atoms with Crippen molar-refractivity contribution in [1.29, 1.82) is 0 Å². The Balaban J connectivity index is 2.21. The number of hydrogen-bond acceptors (Lipinski definition) is 4. The largest absolute Gasteiger partial charge is 0.455 e. The summed E-state index contributed by atoms with van der Waals surface area (Å²) < 4.78 is 25.0. The topological polar surface area (TPSA) is 71.8 Å². The molecule has 6 nitrogen and oxygen atoms in total. The number of carbonyl (C=O) groups excluding carboxylic acids is 2. The highest BCUT2D eigenvalue weighted by molar-refractivity contribution is 9.10. The van der Waals surface area contributed by atoms with Gasteiger partial charge in [0.1, 0.15) is 17.2 Å². The van der Waals surface area contributed by atoms with Crippen LogP contribution in [0.1, 0.15) is 17.3 Å². The summed E-state index contributed by atoms with van der Waals surface area (Å²) in [7, 11) is 1.52. The maximum absolute atomic E-state index is 13.4. The van der Waals surface area contributed by atoms with Gasteiger partial charge in [-0.25, -0.2) is 9.18 Å². The van der Waals surface area contributed by atoms with E-state index < -0.39 is 11.9 Å². The van der Waals surface area contributed by atoms with E-state index in [0.717, 1.165) is 0 Å². The molecule has 30 heavy (non-hydrogen) atoms. The van der Waals surface area contributed by atoms with E-state index in [1.165, 1.54) is 36.2 Å². The third-order valence-electron chi connectivity index (χ3n) is 4.41. The number of furan rings is 1. The molecule has 0 fully saturated rings. The predicted octanol–water partition coefficient (Wildman–Crippen LogP) is 5.56. The molecule has 3 rings (SSSR count). The summed E-state index contributed by atoms with van der Waals surface area (Å²) in [6.45, 7) is 2.15. The average molecular weight is 498 g/mol. The summed E-state index contributed by atoms with van der Waals surface area (Å²) in [5, 5.41) is 3.14. The number of hydrogen-bond donors (Lipinski definition) is 1. The van der Waals surface area contributed by atoms with E-state index in [1.54, 1.807) is 19.1 Å². The molecule has 3 aromatic rings. The number of nitrogens with one attached hydrogen (secondary N) is 1. The molecule has 0 atom stereocenters. The predicted molar refractivity (Wildman–Crippen MR) is 118 cm³/mol. The van der Waals surface area contributed by atoms with Crippen molar-refractivity contribution in [3.63, 3.8) is 0 Å². The normalized spacial score (nSPS) is 10.8. The summed E-state index contributed by atoms with van der Waals surface area (Å²) in [5.41, 5.74) is 1.73. The monoisotopic (exact) mass is 496 g/mol. The number of carbonyl (C=O) groups is 2. The molecular formula is C21H19BrClFN2O4. The van der Waals surface area contributed by atoms with Crippen LogP contribution in [-0.2, 0) is 4.74 Å². The zero-order chi connectivity index (χ0) is 21.8. The third kappa shape index (κ3) is 4.29. The van der Waals surface area contributed by atoms with Gasteiger partial charge in [-0.15, -0.1) is 11.6 Å². The number of ether oxygens (including phenoxy) is 1. The first kappa shape index (κ1) is 22.1. The molecule has 0 aliphatic carbocycles. The van der Waals surface area contributed by atoms with Crippen molar-refractivity contribution in [2.45, 2.75) is 6.92 Å². The number of amides is 2. The first-order valence-electron chi connectivity index (χ1n) is 9.15. The van der Waals surface area contributed by atoms with E-state index in [4.69, 9.17) is 20.8 Å². The highest BCUT2D eigenvalue weighted by Crippen LogP contribution is 2.39. The summed E-state index contributed by atoms with van der Waals surface area (Å²) in [5.74, 6) is -0.247. The van der Waals surface area contributed by atoms with Crippen LogP contribution in [0.15, 0.2) is 45.3 Å². The van der Waals surface area contributed by atoms with Crippen LogP contribution >= 0.6 is 27.5 Å². The Morgan fingerprint density at radius 3 is 2.57 bits per heavy atom. The molecule has 0 aliphatic rings. The molecular weight excluding hydrogens is 479 g/mol. The molecule has 1 aromatic heterocycles. The van der Waals surface area contributed by atoms with Crippen LogP contribution in [0.25, 0.3) is 22.3 Å². The van der Waals surface area contributed by atoms with Crippen LogP contribution in [0.3, 0.4) is 0 Å². The number of fused-ring (bicyclic) bond motifs is 1. The molecule has 0 aliphatic heterocycles. The summed E-state index contributed by atoms with van der Waals surface area (Å²) in [6, 6.07) is 9.00. The van der Waals surface area contributed by atoms with Gasteiger partial charge in [0.25, 0.3) is 5.91 Å². The van der Waals surface area contributed by atoms with Gasteiger partial charge in [-0.1, -0.05) is 0 Å². The number of halogens is 3. The molecule has 1 heterocycles. The van der Waals surface area contributed by atoms with Crippen molar-refractivity contribution in [3.05, 3.63) is 52.3 Å². The fourth-order valence-electron chi connectivity index (χ4n) is 3.06. The van der Waals surface area contributed by atoms with Gasteiger partial charge < -0.3 is 14.5 Å². The Kier molecular flexibility index (Phi) is 6.99. The number of anilines is 1. The van der Waals surface area contributed by atoms with E-state index >= 15 is 0 Å². The SMILES string of the molecule is CCOC(=O)N(CCCl)c1cc2oc(-c3ccc(F)cc3)c(C(=O)NC)c2cc1Br. The molecule has 0 unspecified atom stereocenters. The molecule has 158 valence electrons. The van der Waals surface area contributed by atoms with E-state index in [0.29, 0.717) is 38.0 Å². The Bertz CT molecular complexity index is 1080. The first-order valence-corrected chi connectivity index (χ1v) is 10.5. The standard InChI is InChI=1S/C21H19BrClFN2O4/c1-3-29-21(28)26(9-8-23)16-11-17-14(10-15(16)22)18(20(27)25-2)19(30-17)12-4-6-13(24)7-5-12/h4-7,10-11H,3,8-9H2,1-2H3,(H,25,27). The van der Waals surface area contributed by atoms with Crippen molar-refractivity contribution in [1.82, 2.24) is 5.32 Å². The molecule has 0 saturated heterocycles. The molecule has 2 aromatic carbocycles. The van der Waals surface area contributed by atoms with Crippen molar-refractivity contribution >= 4 is 56.2 Å². The van der Waals surface area contributed by atoms with Gasteiger partial charge >= 0.3 is 6.09 Å². The number of benzene rings is 2. The molecule has 2 amide bonds. The van der Waals surface area contributed by atoms with Crippen LogP contribution in [0.4, 0.5) is 14.9 Å². The average Bonchev–Trinajstić information content (AvgIpc) is 3.09. The van der Waals surface area contributed by atoms with E-state index in [9.17, 15) is 14.0 Å². The van der Waals surface area contributed by atoms with Gasteiger partial charge in [0.05, 0.1) is 17.9 Å². The van der Waals surface area contributed by atoms with Gasteiger partial charge in [0.15, 0.2) is 0 Å². The van der Waals surface area contributed by atoms with Gasteiger partial charge in [0, 0.05) is 41.0 Å². The minimum atomic E-state index is -0.546. The lowest BCUT2D eigenvalue weighted by Crippen LogP contribution is -2.33. The van der Waals surface area contributed by atoms with Crippen LogP contribution < -0.4 is 10.2 Å². The smallest absolute Gasteiger partial charge is 0.414 e. The first-order chi connectivity index (χ1) is 14.4. The fraction of sp³-hybridized carbons (Fsp3) is 0.238. The van der Waals surface area contributed by atoms with E-state index in [1.807, 2.05) is 0 Å². The number of rotatable bonds is 6. The van der Waals surface area contributed by atoms with Crippen LogP contribution in [0.5, 0.6) is 0 Å². The second-order valence-corrected chi connectivity index (χ2v) is 7.46. The second kappa shape index (κ2) is 9.49. The Morgan fingerprint density at radius 2 is 1.97 bits per heavy atom. The van der Waals surface area contributed by atoms with E-state index in [-0.39, 0.29) is 24.9 Å². The van der Waals surface area contributed by atoms with Crippen LogP contribution in [-0.4, -0.2) is 38.1 Å². The lowest BCUT2D eigenvalue weighted by atomic mass is 10.0. The Morgan fingerprint density at radius 1 is 1.27 bits per heavy atom. The van der Waals surface area contributed by atoms with Crippen LogP contribution in [0, 0.1) is 5.82 Å². The number of nitrogens with zero attached hydrogens (tertiary/aromatic N) is 1. The lowest BCUT2D eigenvalue weighted by Gasteiger charge is -2.22. The maximum atomic E-state index is 13.4. The Hall–Kier alpha value is -2.58. The molecule has 9 heteroatoms. The quantitative estimate of drug-likeness (QED) is 0.453. The minimum Gasteiger partial charge on any atom is -0.455 e. The summed E-state index contributed by atoms with van der Waals surface area (Å²) in [4.78, 5) is 26.4. The van der Waals surface area contributed by atoms with Crippen molar-refractivity contribution in [2.75, 3.05) is 31.0 Å². The van der Waals surface area contributed by atoms with Gasteiger partial charge in [-0.2, -0.15) is 0 Å². The van der Waals surface area contributed by atoms with Gasteiger partial charge in [-0.05, 0) is 53.2 Å². The second-order valence-electron chi connectivity index (χ2n) is 6.23. The highest BCUT2D eigenvalue weighted by atomic mass is 79.9. The summed E-state index contributed by atoms with van der Waals surface area (Å²) >= 11 is 9.34. The molecule has 0 bridgehead atoms. The molecule has 0 spiro atoms. The van der Waals surface area contributed by atoms with Gasteiger partial charge in [-0.3, -0.25) is 9.69 Å². The number of alkyl halides is 1. The molecule has 0 radical (unpaired) electrons. The Labute approximate surface area is 186 Å². The van der Waals surface area contributed by atoms with Crippen molar-refractivity contribution in [2.24, 2.45) is 0 Å². The maximum Gasteiger partial charge on any atom is 0.414 e. The van der Waals surface area contributed by atoms with Crippen molar-refractivity contribution < 1.29 is 23.1 Å². The van der Waals surface area contributed by atoms with Gasteiger partial charge in [0.2, 0.25) is 0 Å². The molecule has 0 saturated carbocycles. The third-order valence-corrected chi connectivity index (χ3v) is 5.21. The lowest BCUT2D eigenvalue weighted by molar-refractivity contribution is 0.0964. The fourth-order valence-corrected chi connectivity index (χ4v) is 3.79. The zero-order valence-electron chi connectivity index (χ0n) is 16.3. The van der Waals surface area contributed by atoms with Crippen LogP contribution in [0.2, 0.25) is 0 Å².